The zero-order chi connectivity index (χ0) is 25.6. The number of anilines is 1. The third-order valence-corrected chi connectivity index (χ3v) is 7.12. The fourth-order valence-corrected chi connectivity index (χ4v) is 5.25. The van der Waals surface area contributed by atoms with Crippen molar-refractivity contribution < 1.29 is 19.1 Å². The van der Waals surface area contributed by atoms with Gasteiger partial charge in [0.05, 0.1) is 17.7 Å². The van der Waals surface area contributed by atoms with Gasteiger partial charge >= 0.3 is 5.97 Å². The predicted molar refractivity (Wildman–Crippen MR) is 147 cm³/mol. The fourth-order valence-electron chi connectivity index (χ4n) is 3.67. The summed E-state index contributed by atoms with van der Waals surface area (Å²) >= 11 is 4.97. The number of carbonyl (C=O) groups is 2. The molecule has 3 aromatic rings. The van der Waals surface area contributed by atoms with E-state index in [1.807, 2.05) is 43.3 Å². The van der Waals surface area contributed by atoms with Crippen molar-refractivity contribution in [2.75, 3.05) is 18.5 Å². The maximum atomic E-state index is 12.8. The molecule has 1 aromatic heterocycles. The number of hydrogen-bond acceptors (Lipinski definition) is 5. The molecule has 1 heterocycles. The first-order valence-electron chi connectivity index (χ1n) is 11.7. The molecule has 0 aliphatic carbocycles. The van der Waals surface area contributed by atoms with Gasteiger partial charge in [0.25, 0.3) is 0 Å². The minimum atomic E-state index is -0.433. The van der Waals surface area contributed by atoms with E-state index in [0.717, 1.165) is 26.2 Å². The quantitative estimate of drug-likeness (QED) is 0.215. The van der Waals surface area contributed by atoms with Crippen LogP contribution in [0.4, 0.5) is 5.00 Å². The molecule has 35 heavy (non-hydrogen) atoms. The number of carbonyl (C=O) groups excluding carboxylic acids is 2. The van der Waals surface area contributed by atoms with E-state index in [0.29, 0.717) is 23.6 Å². The molecular weight excluding hydrogens is 526 g/mol. The normalized spacial score (nSPS) is 11.3. The van der Waals surface area contributed by atoms with Gasteiger partial charge in [0.2, 0.25) is 5.91 Å². The molecule has 0 saturated heterocycles. The monoisotopic (exact) mass is 557 g/mol. The zero-order valence-corrected chi connectivity index (χ0v) is 23.3. The number of esters is 1. The molecule has 0 saturated carbocycles. The van der Waals surface area contributed by atoms with Crippen molar-refractivity contribution in [2.24, 2.45) is 0 Å². The molecule has 0 bridgehead atoms. The lowest BCUT2D eigenvalue weighted by molar-refractivity contribution is -0.116. The molecule has 186 valence electrons. The van der Waals surface area contributed by atoms with Crippen molar-refractivity contribution in [3.63, 3.8) is 0 Å². The van der Waals surface area contributed by atoms with Crippen molar-refractivity contribution in [1.82, 2.24) is 0 Å². The lowest BCUT2D eigenvalue weighted by atomic mass is 9.87. The van der Waals surface area contributed by atoms with E-state index < -0.39 is 5.97 Å². The number of hydrogen-bond donors (Lipinski definition) is 1. The molecule has 1 N–H and O–H groups in total. The summed E-state index contributed by atoms with van der Waals surface area (Å²) in [6.07, 6.45) is 0.821. The van der Waals surface area contributed by atoms with Crippen LogP contribution in [0.15, 0.2) is 53.0 Å². The summed E-state index contributed by atoms with van der Waals surface area (Å²) in [7, 11) is 0. The first-order valence-corrected chi connectivity index (χ1v) is 13.3. The largest absolute Gasteiger partial charge is 0.492 e. The van der Waals surface area contributed by atoms with E-state index in [4.69, 9.17) is 9.47 Å². The molecule has 0 aliphatic heterocycles. The van der Waals surface area contributed by atoms with Crippen molar-refractivity contribution in [1.29, 1.82) is 0 Å². The second-order valence-corrected chi connectivity index (χ2v) is 11.3. The van der Waals surface area contributed by atoms with E-state index in [-0.39, 0.29) is 24.3 Å². The van der Waals surface area contributed by atoms with Crippen molar-refractivity contribution in [3.05, 3.63) is 69.0 Å². The van der Waals surface area contributed by atoms with E-state index in [2.05, 4.69) is 54.2 Å². The van der Waals surface area contributed by atoms with Gasteiger partial charge in [-0.15, -0.1) is 11.3 Å². The Morgan fingerprint density at radius 3 is 2.43 bits per heavy atom. The van der Waals surface area contributed by atoms with Gasteiger partial charge in [0, 0.05) is 16.9 Å². The highest BCUT2D eigenvalue weighted by atomic mass is 79.9. The maximum Gasteiger partial charge on any atom is 0.341 e. The summed E-state index contributed by atoms with van der Waals surface area (Å²) in [5, 5.41) is 3.45. The summed E-state index contributed by atoms with van der Waals surface area (Å²) in [5.74, 6) is 0.157. The van der Waals surface area contributed by atoms with Crippen LogP contribution in [-0.4, -0.2) is 25.1 Å². The molecule has 0 radical (unpaired) electrons. The van der Waals surface area contributed by atoms with E-state index in [9.17, 15) is 9.59 Å². The molecule has 0 spiro atoms. The molecule has 5 nitrogen and oxygen atoms in total. The Morgan fingerprint density at radius 2 is 1.80 bits per heavy atom. The summed E-state index contributed by atoms with van der Waals surface area (Å²) in [6.45, 7) is 10.9. The number of benzene rings is 2. The van der Waals surface area contributed by atoms with Crippen LogP contribution in [-0.2, 0) is 14.9 Å². The van der Waals surface area contributed by atoms with Gasteiger partial charge in [-0.25, -0.2) is 4.79 Å². The van der Waals surface area contributed by atoms with Crippen molar-refractivity contribution in [3.8, 4) is 16.9 Å². The molecule has 3 rings (SSSR count). The number of halogens is 1. The number of rotatable bonds is 9. The van der Waals surface area contributed by atoms with Gasteiger partial charge in [0.1, 0.15) is 16.3 Å². The van der Waals surface area contributed by atoms with E-state index in [1.165, 1.54) is 16.9 Å². The highest BCUT2D eigenvalue weighted by Crippen LogP contribution is 2.40. The van der Waals surface area contributed by atoms with Crippen molar-refractivity contribution >= 4 is 44.1 Å². The molecule has 0 fully saturated rings. The topological polar surface area (TPSA) is 64.6 Å². The van der Waals surface area contributed by atoms with Gasteiger partial charge in [-0.1, -0.05) is 57.2 Å². The van der Waals surface area contributed by atoms with Crippen LogP contribution in [0.5, 0.6) is 5.75 Å². The highest BCUT2D eigenvalue weighted by Gasteiger charge is 2.25. The highest BCUT2D eigenvalue weighted by molar-refractivity contribution is 9.10. The van der Waals surface area contributed by atoms with Crippen LogP contribution in [0.3, 0.4) is 0 Å². The first kappa shape index (κ1) is 27.0. The molecule has 7 heteroatoms. The Morgan fingerprint density at radius 1 is 1.09 bits per heavy atom. The van der Waals surface area contributed by atoms with Crippen LogP contribution >= 0.6 is 27.3 Å². The minimum Gasteiger partial charge on any atom is -0.492 e. The molecule has 2 aromatic carbocycles. The van der Waals surface area contributed by atoms with Gasteiger partial charge in [0.15, 0.2) is 0 Å². The minimum absolute atomic E-state index is 0.0576. The number of ether oxygens (including phenoxy) is 2. The standard InChI is InChI=1S/C28H32BrNO4S/c1-6-33-27(32)25-24(19-11-8-7-9-12-19)18(2)35-26(25)30-23(31)13-10-16-34-22-15-14-20(17-21(22)29)28(3,4)5/h7-9,11-12,14-15,17H,6,10,13,16H2,1-5H3,(H,30,31). The van der Waals surface area contributed by atoms with Crippen LogP contribution in [0.2, 0.25) is 0 Å². The first-order chi connectivity index (χ1) is 16.6. The second kappa shape index (κ2) is 11.9. The Bertz CT molecular complexity index is 1180. The lowest BCUT2D eigenvalue weighted by Gasteiger charge is -2.20. The SMILES string of the molecule is CCOC(=O)c1c(NC(=O)CCCOc2ccc(C(C)(C)C)cc2Br)sc(C)c1-c1ccccc1. The second-order valence-electron chi connectivity index (χ2n) is 9.22. The summed E-state index contributed by atoms with van der Waals surface area (Å²) in [4.78, 5) is 26.5. The van der Waals surface area contributed by atoms with Gasteiger partial charge in [-0.3, -0.25) is 4.79 Å². The number of amides is 1. The summed E-state index contributed by atoms with van der Waals surface area (Å²) in [5.41, 5.74) is 3.40. The van der Waals surface area contributed by atoms with Gasteiger partial charge < -0.3 is 14.8 Å². The van der Waals surface area contributed by atoms with Crippen LogP contribution in [0, 0.1) is 6.92 Å². The average Bonchev–Trinajstić information content (AvgIpc) is 3.13. The Balaban J connectivity index is 1.65. The number of nitrogens with one attached hydrogen (secondary N) is 1. The average molecular weight is 559 g/mol. The van der Waals surface area contributed by atoms with Crippen LogP contribution in [0.1, 0.15) is 61.3 Å². The molecule has 0 atom stereocenters. The van der Waals surface area contributed by atoms with Gasteiger partial charge in [-0.2, -0.15) is 0 Å². The fraction of sp³-hybridized carbons (Fsp3) is 0.357. The number of aryl methyl sites for hydroxylation is 1. The zero-order valence-electron chi connectivity index (χ0n) is 20.9. The van der Waals surface area contributed by atoms with Crippen LogP contribution < -0.4 is 10.1 Å². The summed E-state index contributed by atoms with van der Waals surface area (Å²) in [6, 6.07) is 15.8. The maximum absolute atomic E-state index is 12.8. The predicted octanol–water partition coefficient (Wildman–Crippen LogP) is 7.76. The van der Waals surface area contributed by atoms with E-state index >= 15 is 0 Å². The smallest absolute Gasteiger partial charge is 0.341 e. The Labute approximate surface area is 220 Å². The molecular formula is C28H32BrNO4S. The number of thiophene rings is 1. The summed E-state index contributed by atoms with van der Waals surface area (Å²) < 4.78 is 12.1. The van der Waals surface area contributed by atoms with Crippen LogP contribution in [0.25, 0.3) is 11.1 Å². The van der Waals surface area contributed by atoms with Gasteiger partial charge in [-0.05, 0) is 64.9 Å². The van der Waals surface area contributed by atoms with E-state index in [1.54, 1.807) is 6.92 Å². The Kier molecular flexibility index (Phi) is 9.14. The molecule has 0 unspecified atom stereocenters. The molecule has 0 aliphatic rings. The third-order valence-electron chi connectivity index (χ3n) is 5.48. The Hall–Kier alpha value is -2.64. The third kappa shape index (κ3) is 6.95. The van der Waals surface area contributed by atoms with Crippen molar-refractivity contribution in [2.45, 2.75) is 52.9 Å². The molecule has 1 amide bonds. The lowest BCUT2D eigenvalue weighted by Crippen LogP contribution is -2.15.